The fourth-order valence-corrected chi connectivity index (χ4v) is 3.30. The lowest BCUT2D eigenvalue weighted by Crippen LogP contribution is -2.35. The number of rotatable bonds is 4. The van der Waals surface area contributed by atoms with Crippen LogP contribution in [-0.4, -0.2) is 28.1 Å². The van der Waals surface area contributed by atoms with Crippen LogP contribution in [0.5, 0.6) is 0 Å². The lowest BCUT2D eigenvalue weighted by Gasteiger charge is -2.32. The molecular weight excluding hydrogens is 296 g/mol. The van der Waals surface area contributed by atoms with E-state index in [1.54, 1.807) is 0 Å². The molecule has 1 fully saturated rings. The molecular formula is C14H17ClN2O4. The Hall–Kier alpha value is -1.82. The molecule has 0 aromatic heterocycles. The average Bonchev–Trinajstić information content (AvgIpc) is 2.78. The molecule has 1 heterocycles. The van der Waals surface area contributed by atoms with Gasteiger partial charge in [-0.25, -0.2) is 4.79 Å². The summed E-state index contributed by atoms with van der Waals surface area (Å²) in [4.78, 5) is 23.7. The Morgan fingerprint density at radius 1 is 1.52 bits per heavy atom. The first-order valence-corrected chi connectivity index (χ1v) is 7.24. The van der Waals surface area contributed by atoms with Gasteiger partial charge < -0.3 is 10.0 Å². The van der Waals surface area contributed by atoms with Crippen molar-refractivity contribution in [3.05, 3.63) is 32.8 Å². The van der Waals surface area contributed by atoms with E-state index in [0.29, 0.717) is 5.69 Å². The van der Waals surface area contributed by atoms with E-state index in [9.17, 15) is 20.0 Å². The van der Waals surface area contributed by atoms with E-state index < -0.39 is 10.9 Å². The Morgan fingerprint density at radius 2 is 2.19 bits per heavy atom. The zero-order valence-corrected chi connectivity index (χ0v) is 12.6. The van der Waals surface area contributed by atoms with E-state index in [4.69, 9.17) is 11.6 Å². The summed E-state index contributed by atoms with van der Waals surface area (Å²) in [7, 11) is 0. The number of carboxylic acid groups (broad SMARTS) is 1. The fraction of sp³-hybridized carbons (Fsp3) is 0.500. The molecule has 1 aromatic carbocycles. The Balaban J connectivity index is 2.62. The first-order chi connectivity index (χ1) is 9.86. The molecule has 0 radical (unpaired) electrons. The SMILES string of the molecule is CCC1CCC(C)N1c1c(Cl)cc([N+](=O)[O-])cc1C(=O)O. The van der Waals surface area contributed by atoms with Gasteiger partial charge in [-0.1, -0.05) is 18.5 Å². The van der Waals surface area contributed by atoms with Crippen LogP contribution in [-0.2, 0) is 0 Å². The van der Waals surface area contributed by atoms with Gasteiger partial charge in [0, 0.05) is 24.2 Å². The largest absolute Gasteiger partial charge is 0.478 e. The number of aromatic carboxylic acids is 1. The number of hydrogen-bond acceptors (Lipinski definition) is 4. The molecule has 1 N–H and O–H groups in total. The van der Waals surface area contributed by atoms with Crippen molar-refractivity contribution in [1.82, 2.24) is 0 Å². The lowest BCUT2D eigenvalue weighted by atomic mass is 10.1. The van der Waals surface area contributed by atoms with Crippen molar-refractivity contribution in [2.24, 2.45) is 0 Å². The maximum Gasteiger partial charge on any atom is 0.338 e. The number of benzene rings is 1. The first kappa shape index (κ1) is 15.6. The summed E-state index contributed by atoms with van der Waals surface area (Å²) >= 11 is 6.18. The van der Waals surface area contributed by atoms with Crippen molar-refractivity contribution >= 4 is 28.9 Å². The molecule has 21 heavy (non-hydrogen) atoms. The van der Waals surface area contributed by atoms with Crippen molar-refractivity contribution in [3.63, 3.8) is 0 Å². The Bertz CT molecular complexity index is 591. The summed E-state index contributed by atoms with van der Waals surface area (Å²) < 4.78 is 0. The molecule has 6 nitrogen and oxygen atoms in total. The summed E-state index contributed by atoms with van der Waals surface area (Å²) in [6, 6.07) is 2.67. The predicted octanol–water partition coefficient (Wildman–Crippen LogP) is 3.71. The highest BCUT2D eigenvalue weighted by Crippen LogP contribution is 2.40. The smallest absolute Gasteiger partial charge is 0.338 e. The Kier molecular flexibility index (Phi) is 4.37. The number of non-ortho nitro benzene ring substituents is 1. The molecule has 0 amide bonds. The quantitative estimate of drug-likeness (QED) is 0.676. The van der Waals surface area contributed by atoms with E-state index in [0.717, 1.165) is 25.3 Å². The molecule has 0 aliphatic carbocycles. The van der Waals surface area contributed by atoms with E-state index in [1.165, 1.54) is 6.07 Å². The number of halogens is 1. The third kappa shape index (κ3) is 2.81. The van der Waals surface area contributed by atoms with Crippen LogP contribution in [0.1, 0.15) is 43.5 Å². The van der Waals surface area contributed by atoms with Crippen LogP contribution < -0.4 is 4.90 Å². The number of nitro groups is 1. The van der Waals surface area contributed by atoms with Crippen LogP contribution in [0.25, 0.3) is 0 Å². The summed E-state index contributed by atoms with van der Waals surface area (Å²) in [6.45, 7) is 4.05. The van der Waals surface area contributed by atoms with Gasteiger partial charge in [0.1, 0.15) is 0 Å². The number of anilines is 1. The van der Waals surface area contributed by atoms with Crippen LogP contribution in [0.15, 0.2) is 12.1 Å². The average molecular weight is 313 g/mol. The minimum atomic E-state index is -1.20. The van der Waals surface area contributed by atoms with Gasteiger partial charge >= 0.3 is 5.97 Å². The molecule has 0 bridgehead atoms. The van der Waals surface area contributed by atoms with Crippen LogP contribution in [0.3, 0.4) is 0 Å². The van der Waals surface area contributed by atoms with Crippen molar-refractivity contribution in [2.45, 2.75) is 45.2 Å². The molecule has 114 valence electrons. The fourth-order valence-electron chi connectivity index (χ4n) is 2.99. The van der Waals surface area contributed by atoms with Gasteiger partial charge in [0.2, 0.25) is 0 Å². The molecule has 1 saturated heterocycles. The number of carboxylic acids is 1. The third-order valence-electron chi connectivity index (χ3n) is 4.00. The molecule has 7 heteroatoms. The zero-order valence-electron chi connectivity index (χ0n) is 11.9. The van der Waals surface area contributed by atoms with E-state index >= 15 is 0 Å². The van der Waals surface area contributed by atoms with E-state index in [-0.39, 0.29) is 28.4 Å². The second kappa shape index (κ2) is 5.89. The number of nitrogens with zero attached hydrogens (tertiary/aromatic N) is 2. The number of carbonyl (C=O) groups is 1. The second-order valence-electron chi connectivity index (χ2n) is 5.28. The van der Waals surface area contributed by atoms with Crippen LogP contribution in [0, 0.1) is 10.1 Å². The van der Waals surface area contributed by atoms with Crippen LogP contribution in [0.4, 0.5) is 11.4 Å². The van der Waals surface area contributed by atoms with Crippen molar-refractivity contribution < 1.29 is 14.8 Å². The summed E-state index contributed by atoms with van der Waals surface area (Å²) in [5.41, 5.74) is -0.0194. The van der Waals surface area contributed by atoms with Crippen molar-refractivity contribution in [3.8, 4) is 0 Å². The maximum atomic E-state index is 11.5. The minimum absolute atomic E-state index is 0.110. The minimum Gasteiger partial charge on any atom is -0.478 e. The van der Waals surface area contributed by atoms with Gasteiger partial charge in [0.15, 0.2) is 0 Å². The molecule has 0 spiro atoms. The standard InChI is InChI=1S/C14H17ClN2O4/c1-3-9-5-4-8(2)16(9)13-11(14(18)19)6-10(17(20)21)7-12(13)15/h6-9H,3-5H2,1-2H3,(H,18,19). The zero-order chi connectivity index (χ0) is 15.7. The third-order valence-corrected chi connectivity index (χ3v) is 4.29. The maximum absolute atomic E-state index is 11.5. The Morgan fingerprint density at radius 3 is 2.71 bits per heavy atom. The molecule has 1 aromatic rings. The van der Waals surface area contributed by atoms with Gasteiger partial charge in [-0.2, -0.15) is 0 Å². The molecule has 2 atom stereocenters. The van der Waals surface area contributed by atoms with Crippen LogP contribution >= 0.6 is 11.6 Å². The van der Waals surface area contributed by atoms with Crippen molar-refractivity contribution in [1.29, 1.82) is 0 Å². The molecule has 1 aliphatic rings. The highest BCUT2D eigenvalue weighted by atomic mass is 35.5. The molecule has 2 rings (SSSR count). The highest BCUT2D eigenvalue weighted by Gasteiger charge is 2.34. The number of hydrogen-bond donors (Lipinski definition) is 1. The topological polar surface area (TPSA) is 83.7 Å². The first-order valence-electron chi connectivity index (χ1n) is 6.86. The van der Waals surface area contributed by atoms with Gasteiger partial charge in [0.05, 0.1) is 21.2 Å². The van der Waals surface area contributed by atoms with Crippen LogP contribution in [0.2, 0.25) is 5.02 Å². The molecule has 0 saturated carbocycles. The normalized spacial score (nSPS) is 21.6. The van der Waals surface area contributed by atoms with Gasteiger partial charge in [-0.05, 0) is 26.2 Å². The summed E-state index contributed by atoms with van der Waals surface area (Å²) in [6.07, 6.45) is 2.78. The molecule has 2 unspecified atom stereocenters. The van der Waals surface area contributed by atoms with E-state index in [1.807, 2.05) is 18.7 Å². The lowest BCUT2D eigenvalue weighted by molar-refractivity contribution is -0.384. The predicted molar refractivity (Wildman–Crippen MR) is 80.3 cm³/mol. The van der Waals surface area contributed by atoms with Gasteiger partial charge in [-0.3, -0.25) is 10.1 Å². The van der Waals surface area contributed by atoms with E-state index in [2.05, 4.69) is 0 Å². The Labute approximate surface area is 127 Å². The van der Waals surface area contributed by atoms with Gasteiger partial charge in [-0.15, -0.1) is 0 Å². The highest BCUT2D eigenvalue weighted by molar-refractivity contribution is 6.34. The van der Waals surface area contributed by atoms with Crippen molar-refractivity contribution in [2.75, 3.05) is 4.90 Å². The summed E-state index contributed by atoms with van der Waals surface area (Å²) in [5, 5.41) is 20.4. The monoisotopic (exact) mass is 312 g/mol. The second-order valence-corrected chi connectivity index (χ2v) is 5.69. The molecule has 1 aliphatic heterocycles. The number of nitro benzene ring substituents is 1. The summed E-state index contributed by atoms with van der Waals surface area (Å²) in [5.74, 6) is -1.20. The van der Waals surface area contributed by atoms with Gasteiger partial charge in [0.25, 0.3) is 5.69 Å².